The maximum absolute atomic E-state index is 13.6. The molecule has 2 fully saturated rings. The molecular weight excluding hydrogens is 1050 g/mol. The van der Waals surface area contributed by atoms with Crippen LogP contribution in [0.4, 0.5) is 5.13 Å². The van der Waals surface area contributed by atoms with Crippen LogP contribution in [-0.2, 0) is 38.4 Å². The first-order valence-corrected chi connectivity index (χ1v) is 29.4. The predicted octanol–water partition coefficient (Wildman–Crippen LogP) is 13.3. The second-order valence-corrected chi connectivity index (χ2v) is 21.3. The lowest BCUT2D eigenvalue weighted by atomic mass is 9.82. The van der Waals surface area contributed by atoms with Gasteiger partial charge in [-0.25, -0.2) is 19.6 Å². The number of para-hydroxylation sites is 1. The van der Waals surface area contributed by atoms with Gasteiger partial charge in [-0.2, -0.15) is 14.9 Å². The van der Waals surface area contributed by atoms with E-state index in [4.69, 9.17) is 58.1 Å². The molecule has 17 nitrogen and oxygen atoms in total. The number of carbonyl (C=O) groups is 4. The minimum atomic E-state index is -0.400. The highest BCUT2D eigenvalue weighted by molar-refractivity contribution is 7.22. The van der Waals surface area contributed by atoms with Crippen LogP contribution in [0.5, 0.6) is 34.5 Å². The van der Waals surface area contributed by atoms with Gasteiger partial charge in [0.25, 0.3) is 0 Å². The van der Waals surface area contributed by atoms with E-state index in [-0.39, 0.29) is 35.6 Å². The van der Waals surface area contributed by atoms with Crippen LogP contribution in [0.1, 0.15) is 122 Å². The fraction of sp³-hybridized carbons (Fsp3) is 0.460. The van der Waals surface area contributed by atoms with Crippen LogP contribution in [0.15, 0.2) is 121 Å². The van der Waals surface area contributed by atoms with E-state index >= 15 is 0 Å². The van der Waals surface area contributed by atoms with E-state index in [2.05, 4.69) is 20.1 Å². The minimum Gasteiger partial charge on any atom is -0.494 e. The Bertz CT molecular complexity index is 2740. The molecule has 0 bridgehead atoms. The monoisotopic (exact) mass is 1130 g/mol. The van der Waals surface area contributed by atoms with Crippen LogP contribution >= 0.6 is 11.3 Å². The van der Waals surface area contributed by atoms with E-state index in [1.807, 2.05) is 41.4 Å². The Morgan fingerprint density at radius 3 is 1.63 bits per heavy atom. The molecule has 0 unspecified atom stereocenters. The quantitative estimate of drug-likeness (QED) is 0.00708. The van der Waals surface area contributed by atoms with Crippen LogP contribution in [-0.4, -0.2) is 81.3 Å². The van der Waals surface area contributed by atoms with Crippen molar-refractivity contribution in [3.8, 4) is 34.5 Å². The number of rotatable bonds is 35. The smallest absolute Gasteiger partial charge is 0.330 e. The first-order chi connectivity index (χ1) is 39.7. The van der Waals surface area contributed by atoms with E-state index in [9.17, 15) is 19.2 Å². The largest absolute Gasteiger partial charge is 0.494 e. The van der Waals surface area contributed by atoms with E-state index in [1.54, 1.807) is 72.1 Å². The summed E-state index contributed by atoms with van der Waals surface area (Å²) in [6.07, 6.45) is 17.8. The summed E-state index contributed by atoms with van der Waals surface area (Å²) in [7, 11) is 0. The highest BCUT2D eigenvalue weighted by Crippen LogP contribution is 2.35. The average molecular weight is 1130 g/mol. The van der Waals surface area contributed by atoms with Crippen LogP contribution in [0, 0.1) is 23.7 Å². The molecule has 2 saturated carbocycles. The predicted molar refractivity (Wildman–Crippen MR) is 310 cm³/mol. The molecule has 0 radical (unpaired) electrons. The first kappa shape index (κ1) is 61.3. The van der Waals surface area contributed by atoms with Gasteiger partial charge >= 0.3 is 23.9 Å². The Hall–Kier alpha value is -7.28. The Morgan fingerprint density at radius 1 is 0.593 bits per heavy atom. The van der Waals surface area contributed by atoms with Gasteiger partial charge in [-0.15, -0.1) is 0 Å². The molecule has 0 saturated heterocycles. The number of unbranched alkanes of at least 4 members (excludes halogenated alkanes) is 6. The van der Waals surface area contributed by atoms with Crippen molar-refractivity contribution in [3.63, 3.8) is 0 Å². The number of aromatic nitrogens is 1. The molecule has 4 aromatic carbocycles. The summed E-state index contributed by atoms with van der Waals surface area (Å²) < 4.78 is 34.6. The lowest BCUT2D eigenvalue weighted by molar-refractivity contribution is -0.218. The number of hydrazone groups is 1. The standard InChI is InChI=1S/C63H77N3O14S/c1-4-37-66(63-65-56-17-11-12-18-58(56)81-63)64-43-50-42-55(78-62(70)49-25-19-46(20-26-49)44-75-79-54-33-29-52(30-34-54)72-39-14-8-10-16-41-74-60(68)6-3)35-36-57(50)80-76-45-47-21-23-48(24-22-47)61(69)77-53-31-27-51(28-32-53)71-38-13-7-9-15-40-73-59(67)5-2/h5-6,11-12,17-18,27-36,42-43,46-49H,2-4,7-10,13-16,19-26,37-41,44-45H2,1H3/b64-43+. The van der Waals surface area contributed by atoms with Gasteiger partial charge < -0.3 is 38.2 Å². The van der Waals surface area contributed by atoms with Crippen molar-refractivity contribution < 1.29 is 67.1 Å². The molecule has 1 heterocycles. The molecule has 2 aliphatic carbocycles. The zero-order chi connectivity index (χ0) is 56.9. The van der Waals surface area contributed by atoms with E-state index in [0.29, 0.717) is 106 Å². The molecule has 0 atom stereocenters. The second kappa shape index (κ2) is 34.1. The highest BCUT2D eigenvalue weighted by Gasteiger charge is 2.30. The molecule has 0 spiro atoms. The van der Waals surface area contributed by atoms with Crippen molar-refractivity contribution in [2.24, 2.45) is 28.8 Å². The zero-order valence-corrected chi connectivity index (χ0v) is 47.4. The third-order valence-electron chi connectivity index (χ3n) is 14.0. The molecule has 2 aliphatic rings. The van der Waals surface area contributed by atoms with Crippen LogP contribution in [0.25, 0.3) is 10.2 Å². The lowest BCUT2D eigenvalue weighted by Gasteiger charge is -2.27. The normalized spacial score (nSPS) is 17.0. The molecule has 0 N–H and O–H groups in total. The molecule has 434 valence electrons. The molecule has 81 heavy (non-hydrogen) atoms. The van der Waals surface area contributed by atoms with Crippen LogP contribution in [0.3, 0.4) is 0 Å². The molecule has 7 rings (SSSR count). The topological polar surface area (TPSA) is 189 Å². The zero-order valence-electron chi connectivity index (χ0n) is 46.6. The van der Waals surface area contributed by atoms with E-state index in [0.717, 1.165) is 105 Å². The Labute approximate surface area is 479 Å². The van der Waals surface area contributed by atoms with Crippen LogP contribution in [0.2, 0.25) is 0 Å². The number of thiazole rings is 1. The van der Waals surface area contributed by atoms with Gasteiger partial charge in [0, 0.05) is 24.3 Å². The number of nitrogens with zero attached hydrogens (tertiary/aromatic N) is 3. The van der Waals surface area contributed by atoms with Crippen molar-refractivity contribution in [1.82, 2.24) is 4.98 Å². The van der Waals surface area contributed by atoms with Gasteiger partial charge in [-0.05, 0) is 200 Å². The molecule has 1 aromatic heterocycles. The van der Waals surface area contributed by atoms with E-state index in [1.165, 1.54) is 12.2 Å². The third-order valence-corrected chi connectivity index (χ3v) is 15.1. The number of hydrogen-bond donors (Lipinski definition) is 0. The second-order valence-electron chi connectivity index (χ2n) is 20.3. The van der Waals surface area contributed by atoms with Crippen molar-refractivity contribution >= 4 is 56.8 Å². The fourth-order valence-electron chi connectivity index (χ4n) is 9.36. The number of benzene rings is 4. The SMILES string of the molecule is C=CC(=O)OCCCCCCOc1ccc(OOCC2CCC(C(=O)Oc3ccc(OOCC4CCC(C(=O)Oc5ccc(OCCCCCCOC(=O)C=C)cc5)CC4)c(/C=N/N(CCC)c4nc5ccccc5s4)c3)CC2)cc1. The summed E-state index contributed by atoms with van der Waals surface area (Å²) in [5.74, 6) is 1.86. The maximum atomic E-state index is 13.6. The lowest BCUT2D eigenvalue weighted by Crippen LogP contribution is -2.27. The van der Waals surface area contributed by atoms with Crippen LogP contribution < -0.4 is 33.7 Å². The van der Waals surface area contributed by atoms with Gasteiger partial charge in [0.2, 0.25) is 5.13 Å². The van der Waals surface area contributed by atoms with Crippen molar-refractivity contribution in [3.05, 3.63) is 122 Å². The number of hydrogen-bond acceptors (Lipinski definition) is 18. The summed E-state index contributed by atoms with van der Waals surface area (Å²) in [5.41, 5.74) is 1.46. The minimum absolute atomic E-state index is 0.173. The van der Waals surface area contributed by atoms with Gasteiger partial charge in [0.1, 0.15) is 23.0 Å². The third kappa shape index (κ3) is 21.3. The number of ether oxygens (including phenoxy) is 6. The fourth-order valence-corrected chi connectivity index (χ4v) is 10.3. The van der Waals surface area contributed by atoms with Gasteiger partial charge in [0.15, 0.2) is 11.5 Å². The van der Waals surface area contributed by atoms with Crippen molar-refractivity contribution in [2.45, 2.75) is 116 Å². The Morgan fingerprint density at radius 2 is 1.09 bits per heavy atom. The van der Waals surface area contributed by atoms with Crippen molar-refractivity contribution in [2.75, 3.05) is 51.2 Å². The first-order valence-electron chi connectivity index (χ1n) is 28.5. The van der Waals surface area contributed by atoms with E-state index < -0.39 is 11.9 Å². The number of fused-ring (bicyclic) bond motifs is 1. The van der Waals surface area contributed by atoms with Gasteiger partial charge in [-0.3, -0.25) is 9.59 Å². The molecule has 5 aromatic rings. The summed E-state index contributed by atoms with van der Waals surface area (Å²) in [6.45, 7) is 12.2. The summed E-state index contributed by atoms with van der Waals surface area (Å²) >= 11 is 1.56. The maximum Gasteiger partial charge on any atom is 0.330 e. The molecule has 0 aliphatic heterocycles. The Balaban J connectivity index is 0.838. The molecule has 0 amide bonds. The average Bonchev–Trinajstić information content (AvgIpc) is 3.93. The van der Waals surface area contributed by atoms with Crippen molar-refractivity contribution in [1.29, 1.82) is 0 Å². The number of esters is 4. The highest BCUT2D eigenvalue weighted by atomic mass is 32.1. The summed E-state index contributed by atoms with van der Waals surface area (Å²) in [4.78, 5) is 77.0. The number of carbonyl (C=O) groups excluding carboxylic acids is 4. The molecular formula is C63H77N3O14S. The molecule has 18 heteroatoms. The number of anilines is 1. The van der Waals surface area contributed by atoms with Gasteiger partial charge in [0.05, 0.1) is 67.9 Å². The summed E-state index contributed by atoms with van der Waals surface area (Å²) in [5, 5.41) is 7.50. The van der Waals surface area contributed by atoms with Gasteiger partial charge in [-0.1, -0.05) is 43.6 Å². The Kier molecular flexibility index (Phi) is 25.8. The summed E-state index contributed by atoms with van der Waals surface area (Å²) in [6, 6.07) is 27.6.